The molecule has 2 atom stereocenters. The molecule has 5 nitrogen and oxygen atoms in total. The first kappa shape index (κ1) is 22.8. The van der Waals surface area contributed by atoms with Gasteiger partial charge in [0.15, 0.2) is 9.84 Å². The second-order valence-corrected chi connectivity index (χ2v) is 9.35. The van der Waals surface area contributed by atoms with Gasteiger partial charge in [0, 0.05) is 6.26 Å². The number of alkyl halides is 3. The molecule has 1 saturated carbocycles. The van der Waals surface area contributed by atoms with Gasteiger partial charge in [0.1, 0.15) is 0 Å². The van der Waals surface area contributed by atoms with Gasteiger partial charge in [-0.3, -0.25) is 4.79 Å². The number of benzene rings is 1. The molecule has 3 rings (SSSR count). The first-order chi connectivity index (χ1) is 13.1. The molecule has 0 unspecified atom stereocenters. The molecule has 28 heavy (non-hydrogen) atoms. The van der Waals surface area contributed by atoms with E-state index in [0.29, 0.717) is 11.5 Å². The van der Waals surface area contributed by atoms with E-state index in [-0.39, 0.29) is 0 Å². The predicted octanol–water partition coefficient (Wildman–Crippen LogP) is 2.99. The van der Waals surface area contributed by atoms with Crippen LogP contribution in [-0.2, 0) is 26.0 Å². The van der Waals surface area contributed by atoms with Gasteiger partial charge >= 0.3 is 6.18 Å². The summed E-state index contributed by atoms with van der Waals surface area (Å²) in [6, 6.07) is 6.99. The van der Waals surface area contributed by atoms with E-state index in [4.69, 9.17) is 9.53 Å². The highest BCUT2D eigenvalue weighted by Crippen LogP contribution is 2.47. The molecule has 1 aromatic carbocycles. The maximum Gasteiger partial charge on any atom is 0.446 e. The van der Waals surface area contributed by atoms with Crippen LogP contribution in [0.4, 0.5) is 13.2 Å². The molecule has 1 heterocycles. The third-order valence-electron chi connectivity index (χ3n) is 5.05. The summed E-state index contributed by atoms with van der Waals surface area (Å²) in [6.07, 6.45) is -0.528. The minimum absolute atomic E-state index is 0.365. The van der Waals surface area contributed by atoms with Crippen LogP contribution in [0, 0.1) is 17.8 Å². The number of hydrogen-bond acceptors (Lipinski definition) is 5. The Kier molecular flexibility index (Phi) is 8.03. The summed E-state index contributed by atoms with van der Waals surface area (Å²) in [5.74, 6) is 2.50. The van der Waals surface area contributed by atoms with Gasteiger partial charge < -0.3 is 10.1 Å². The van der Waals surface area contributed by atoms with Gasteiger partial charge in [0.25, 0.3) is 0 Å². The Morgan fingerprint density at radius 2 is 1.75 bits per heavy atom. The zero-order valence-electron chi connectivity index (χ0n) is 15.7. The van der Waals surface area contributed by atoms with Gasteiger partial charge in [-0.1, -0.05) is 12.1 Å². The predicted molar refractivity (Wildman–Crippen MR) is 98.5 cm³/mol. The molecule has 1 aromatic rings. The topological polar surface area (TPSA) is 72.5 Å². The molecule has 1 saturated heterocycles. The third kappa shape index (κ3) is 7.89. The Morgan fingerprint density at radius 1 is 1.18 bits per heavy atom. The molecular formula is C19H26F3NO4S. The van der Waals surface area contributed by atoms with Gasteiger partial charge in [-0.15, -0.1) is 0 Å². The molecule has 1 aliphatic heterocycles. The molecule has 2 aliphatic rings. The number of sulfone groups is 1. The Bertz CT molecular complexity index is 729. The Hall–Kier alpha value is -1.45. The van der Waals surface area contributed by atoms with Crippen LogP contribution >= 0.6 is 0 Å². The molecule has 158 valence electrons. The number of carbonyl (C=O) groups is 1. The standard InChI is InChI=1S/C17H25NO3S.C2HF3O/c1-22(19,20)16-4-2-13(3-5-16)11-21-12-15-10-17(15)14-6-8-18-9-7-14;3-2(4,5)1-6/h2-5,14-15,17-18H,6-12H2,1H3;1H/t15-,17+;/m0./s1. The van der Waals surface area contributed by atoms with E-state index in [9.17, 15) is 21.6 Å². The van der Waals surface area contributed by atoms with Crippen molar-refractivity contribution in [2.45, 2.75) is 36.9 Å². The lowest BCUT2D eigenvalue weighted by atomic mass is 9.92. The zero-order chi connectivity index (χ0) is 20.8. The van der Waals surface area contributed by atoms with E-state index in [2.05, 4.69) is 5.32 Å². The van der Waals surface area contributed by atoms with E-state index in [1.54, 1.807) is 12.1 Å². The first-order valence-electron chi connectivity index (χ1n) is 9.20. The number of halogens is 3. The minimum Gasteiger partial charge on any atom is -0.376 e. The fraction of sp³-hybridized carbons (Fsp3) is 0.632. The minimum atomic E-state index is -4.64. The number of ether oxygens (including phenoxy) is 1. The van der Waals surface area contributed by atoms with Crippen LogP contribution in [-0.4, -0.2) is 46.8 Å². The number of hydrogen-bond donors (Lipinski definition) is 1. The van der Waals surface area contributed by atoms with Crippen LogP contribution in [0.25, 0.3) is 0 Å². The Labute approximate surface area is 163 Å². The van der Waals surface area contributed by atoms with Crippen LogP contribution in [0.2, 0.25) is 0 Å². The molecule has 2 fully saturated rings. The molecule has 0 amide bonds. The summed E-state index contributed by atoms with van der Waals surface area (Å²) in [5, 5.41) is 3.42. The van der Waals surface area contributed by atoms with Crippen LogP contribution in [0.1, 0.15) is 24.8 Å². The lowest BCUT2D eigenvalue weighted by molar-refractivity contribution is -0.156. The smallest absolute Gasteiger partial charge is 0.376 e. The molecule has 9 heteroatoms. The van der Waals surface area contributed by atoms with E-state index in [1.165, 1.54) is 38.6 Å². The van der Waals surface area contributed by atoms with Crippen LogP contribution in [0.3, 0.4) is 0 Å². The summed E-state index contributed by atoms with van der Waals surface area (Å²) < 4.78 is 59.9. The van der Waals surface area contributed by atoms with Crippen molar-refractivity contribution >= 4 is 16.1 Å². The average molecular weight is 421 g/mol. The summed E-state index contributed by atoms with van der Waals surface area (Å²) in [6.45, 7) is 3.74. The van der Waals surface area contributed by atoms with Gasteiger partial charge in [-0.2, -0.15) is 13.2 Å². The average Bonchev–Trinajstić information content (AvgIpc) is 3.42. The normalized spacial score (nSPS) is 22.9. The quantitative estimate of drug-likeness (QED) is 0.715. The van der Waals surface area contributed by atoms with Crippen molar-refractivity contribution in [1.82, 2.24) is 5.32 Å². The van der Waals surface area contributed by atoms with Crippen molar-refractivity contribution in [3.05, 3.63) is 29.8 Å². The van der Waals surface area contributed by atoms with Crippen molar-refractivity contribution in [1.29, 1.82) is 0 Å². The van der Waals surface area contributed by atoms with Crippen LogP contribution in [0.15, 0.2) is 29.2 Å². The van der Waals surface area contributed by atoms with E-state index < -0.39 is 22.3 Å². The van der Waals surface area contributed by atoms with Crippen LogP contribution in [0.5, 0.6) is 0 Å². The lowest BCUT2D eigenvalue weighted by Crippen LogP contribution is -2.29. The number of rotatable bonds is 6. The fourth-order valence-electron chi connectivity index (χ4n) is 3.47. The number of carbonyl (C=O) groups excluding carboxylic acids is 1. The van der Waals surface area contributed by atoms with Gasteiger partial charge in [-0.25, -0.2) is 8.42 Å². The first-order valence-corrected chi connectivity index (χ1v) is 11.1. The maximum absolute atomic E-state index is 11.4. The molecule has 0 spiro atoms. The highest BCUT2D eigenvalue weighted by Gasteiger charge is 2.42. The van der Waals surface area contributed by atoms with Gasteiger partial charge in [0.05, 0.1) is 18.1 Å². The third-order valence-corrected chi connectivity index (χ3v) is 6.18. The zero-order valence-corrected chi connectivity index (χ0v) is 16.6. The van der Waals surface area contributed by atoms with E-state index >= 15 is 0 Å². The molecular weight excluding hydrogens is 395 g/mol. The number of nitrogens with one attached hydrogen (secondary N) is 1. The van der Waals surface area contributed by atoms with Gasteiger partial charge in [-0.05, 0) is 67.8 Å². The van der Waals surface area contributed by atoms with E-state index in [0.717, 1.165) is 29.9 Å². The van der Waals surface area contributed by atoms with Crippen molar-refractivity contribution < 1.29 is 31.1 Å². The van der Waals surface area contributed by atoms with Gasteiger partial charge in [0.2, 0.25) is 6.29 Å². The molecule has 0 radical (unpaired) electrons. The van der Waals surface area contributed by atoms with Crippen LogP contribution < -0.4 is 5.32 Å². The largest absolute Gasteiger partial charge is 0.446 e. The molecule has 1 N–H and O–H groups in total. The van der Waals surface area contributed by atoms with Crippen molar-refractivity contribution in [2.24, 2.45) is 17.8 Å². The summed E-state index contributed by atoms with van der Waals surface area (Å²) >= 11 is 0. The number of piperidine rings is 1. The summed E-state index contributed by atoms with van der Waals surface area (Å²) in [5.41, 5.74) is 1.03. The second-order valence-electron chi connectivity index (χ2n) is 7.34. The molecule has 0 bridgehead atoms. The fourth-order valence-corrected chi connectivity index (χ4v) is 4.10. The van der Waals surface area contributed by atoms with Crippen molar-refractivity contribution in [2.75, 3.05) is 26.0 Å². The molecule has 0 aromatic heterocycles. The van der Waals surface area contributed by atoms with Crippen molar-refractivity contribution in [3.8, 4) is 0 Å². The Morgan fingerprint density at radius 3 is 2.25 bits per heavy atom. The van der Waals surface area contributed by atoms with E-state index in [1.807, 2.05) is 12.1 Å². The Balaban J connectivity index is 0.000000409. The maximum atomic E-state index is 11.4. The summed E-state index contributed by atoms with van der Waals surface area (Å²) in [7, 11) is -3.11. The lowest BCUT2D eigenvalue weighted by Gasteiger charge is -2.22. The second kappa shape index (κ2) is 9.84. The highest BCUT2D eigenvalue weighted by atomic mass is 32.2. The molecule has 1 aliphatic carbocycles. The van der Waals surface area contributed by atoms with Crippen molar-refractivity contribution in [3.63, 3.8) is 0 Å². The number of aldehydes is 1. The monoisotopic (exact) mass is 421 g/mol. The highest BCUT2D eigenvalue weighted by molar-refractivity contribution is 7.90. The SMILES string of the molecule is CS(=O)(=O)c1ccc(COC[C@@H]2C[C@@H]2C2CCNCC2)cc1.O=CC(F)(F)F. The summed E-state index contributed by atoms with van der Waals surface area (Å²) in [4.78, 5) is 9.07.